The maximum absolute atomic E-state index is 12.9. The number of hydrogen-bond acceptors (Lipinski definition) is 7. The van der Waals surface area contributed by atoms with E-state index in [4.69, 9.17) is 14.2 Å². The topological polar surface area (TPSA) is 123 Å². The normalized spacial score (nSPS) is 13.6. The van der Waals surface area contributed by atoms with Crippen LogP contribution in [-0.2, 0) is 23.9 Å². The van der Waals surface area contributed by atoms with Crippen molar-refractivity contribution in [2.45, 2.75) is 39.6 Å². The number of carbonyl (C=O) groups is 4. The molecular formula is C20H26N2O8. The minimum atomic E-state index is -2.85. The number of carboxylic acids is 1. The zero-order valence-corrected chi connectivity index (χ0v) is 17.4. The van der Waals surface area contributed by atoms with Crippen LogP contribution in [0.15, 0.2) is 24.3 Å². The fourth-order valence-corrected chi connectivity index (χ4v) is 3.00. The zero-order valence-electron chi connectivity index (χ0n) is 17.4. The standard InChI is InChI=1S/C20H26N2O8/c1-5-21(6-2)16(23)15(17(24)22(7-3)8-4)28-19(27)20(18(25)26)29-13-11-9-10-12-14(13)30-20/h9-12,15H,5-8H2,1-4H3,(H,25,26). The van der Waals surface area contributed by atoms with Crippen molar-refractivity contribution < 1.29 is 38.5 Å². The first-order chi connectivity index (χ1) is 14.2. The summed E-state index contributed by atoms with van der Waals surface area (Å²) in [4.78, 5) is 53.2. The van der Waals surface area contributed by atoms with Crippen LogP contribution in [-0.4, -0.2) is 76.7 Å². The summed E-state index contributed by atoms with van der Waals surface area (Å²) in [5, 5.41) is 9.66. The highest BCUT2D eigenvalue weighted by Crippen LogP contribution is 2.40. The number of rotatable bonds is 9. The molecule has 0 unspecified atom stereocenters. The molecule has 1 aliphatic heterocycles. The van der Waals surface area contributed by atoms with E-state index in [0.717, 1.165) is 0 Å². The van der Waals surface area contributed by atoms with Gasteiger partial charge in [-0.15, -0.1) is 0 Å². The van der Waals surface area contributed by atoms with Crippen molar-refractivity contribution in [3.8, 4) is 11.5 Å². The highest BCUT2D eigenvalue weighted by atomic mass is 16.8. The summed E-state index contributed by atoms with van der Waals surface area (Å²) in [7, 11) is 0. The van der Waals surface area contributed by atoms with Crippen molar-refractivity contribution in [3.63, 3.8) is 0 Å². The SMILES string of the molecule is CCN(CC)C(=O)C(OC(=O)C1(C(=O)O)Oc2ccccc2O1)C(=O)N(CC)CC. The second-order valence-electron chi connectivity index (χ2n) is 6.38. The minimum Gasteiger partial charge on any atom is -0.475 e. The van der Waals surface area contributed by atoms with Crippen LogP contribution in [0, 0.1) is 0 Å². The largest absolute Gasteiger partial charge is 0.475 e. The number of carbonyl (C=O) groups excluding carboxylic acids is 3. The summed E-state index contributed by atoms with van der Waals surface area (Å²) in [5.74, 6) is -7.57. The van der Waals surface area contributed by atoms with Crippen LogP contribution in [0.3, 0.4) is 0 Å². The Hall–Kier alpha value is -3.30. The van der Waals surface area contributed by atoms with Crippen LogP contribution < -0.4 is 9.47 Å². The highest BCUT2D eigenvalue weighted by molar-refractivity contribution is 6.08. The van der Waals surface area contributed by atoms with Crippen molar-refractivity contribution in [2.24, 2.45) is 0 Å². The number of fused-ring (bicyclic) bond motifs is 1. The molecule has 30 heavy (non-hydrogen) atoms. The van der Waals surface area contributed by atoms with Gasteiger partial charge < -0.3 is 29.1 Å². The predicted octanol–water partition coefficient (Wildman–Crippen LogP) is 0.887. The molecule has 1 aromatic rings. The molecule has 2 amide bonds. The second-order valence-corrected chi connectivity index (χ2v) is 6.38. The molecule has 164 valence electrons. The molecule has 10 nitrogen and oxygen atoms in total. The number of aliphatic carboxylic acids is 1. The second kappa shape index (κ2) is 9.47. The van der Waals surface area contributed by atoms with Crippen molar-refractivity contribution >= 4 is 23.8 Å². The monoisotopic (exact) mass is 422 g/mol. The van der Waals surface area contributed by atoms with Crippen molar-refractivity contribution in [2.75, 3.05) is 26.2 Å². The van der Waals surface area contributed by atoms with E-state index >= 15 is 0 Å². The van der Waals surface area contributed by atoms with Gasteiger partial charge >= 0.3 is 17.7 Å². The summed E-state index contributed by atoms with van der Waals surface area (Å²) < 4.78 is 15.7. The molecule has 0 aromatic heterocycles. The molecule has 1 N–H and O–H groups in total. The zero-order chi connectivity index (χ0) is 22.5. The van der Waals surface area contributed by atoms with Gasteiger partial charge in [-0.05, 0) is 39.8 Å². The predicted molar refractivity (Wildman–Crippen MR) is 104 cm³/mol. The number of para-hydroxylation sites is 2. The van der Waals surface area contributed by atoms with Gasteiger partial charge in [0.2, 0.25) is 0 Å². The van der Waals surface area contributed by atoms with Gasteiger partial charge in [-0.3, -0.25) is 9.59 Å². The van der Waals surface area contributed by atoms with Crippen LogP contribution in [0.2, 0.25) is 0 Å². The molecule has 0 fully saturated rings. The lowest BCUT2D eigenvalue weighted by molar-refractivity contribution is -0.205. The lowest BCUT2D eigenvalue weighted by Gasteiger charge is -2.30. The van der Waals surface area contributed by atoms with E-state index < -0.39 is 35.6 Å². The number of hydrogen-bond donors (Lipinski definition) is 1. The van der Waals surface area contributed by atoms with Gasteiger partial charge in [-0.1, -0.05) is 12.1 Å². The van der Waals surface area contributed by atoms with Gasteiger partial charge in [0.25, 0.3) is 17.9 Å². The first-order valence-corrected chi connectivity index (χ1v) is 9.74. The Bertz CT molecular complexity index is 768. The number of likely N-dealkylation sites (N-methyl/N-ethyl adjacent to an activating group) is 2. The average Bonchev–Trinajstić information content (AvgIpc) is 3.14. The molecule has 0 atom stereocenters. The van der Waals surface area contributed by atoms with Crippen LogP contribution in [0.1, 0.15) is 27.7 Å². The Balaban J connectivity index is 2.38. The first kappa shape index (κ1) is 23.0. The first-order valence-electron chi connectivity index (χ1n) is 9.74. The molecule has 0 bridgehead atoms. The number of nitrogens with zero attached hydrogens (tertiary/aromatic N) is 2. The van der Waals surface area contributed by atoms with Gasteiger partial charge in [-0.25, -0.2) is 9.59 Å². The molecule has 2 rings (SSSR count). The molecule has 0 spiro atoms. The lowest BCUT2D eigenvalue weighted by Crippen LogP contribution is -2.59. The fourth-order valence-electron chi connectivity index (χ4n) is 3.00. The van der Waals surface area contributed by atoms with E-state index in [1.165, 1.54) is 21.9 Å². The van der Waals surface area contributed by atoms with Gasteiger partial charge in [-0.2, -0.15) is 0 Å². The quantitative estimate of drug-likeness (QED) is 0.460. The van der Waals surface area contributed by atoms with Crippen LogP contribution in [0.4, 0.5) is 0 Å². The highest BCUT2D eigenvalue weighted by Gasteiger charge is 2.60. The third-order valence-electron chi connectivity index (χ3n) is 4.73. The Morgan fingerprint density at radius 1 is 0.900 bits per heavy atom. The number of esters is 1. The van der Waals surface area contributed by atoms with E-state index in [-0.39, 0.29) is 37.7 Å². The number of benzene rings is 1. The maximum Gasteiger partial charge on any atom is 0.453 e. The smallest absolute Gasteiger partial charge is 0.453 e. The van der Waals surface area contributed by atoms with E-state index in [1.54, 1.807) is 39.8 Å². The maximum atomic E-state index is 12.9. The van der Waals surface area contributed by atoms with E-state index in [0.29, 0.717) is 0 Å². The van der Waals surface area contributed by atoms with Gasteiger partial charge in [0.15, 0.2) is 11.5 Å². The third kappa shape index (κ3) is 4.17. The molecule has 1 heterocycles. The number of ether oxygens (including phenoxy) is 3. The molecule has 1 aliphatic rings. The number of carboxylic acid groups (broad SMARTS) is 1. The minimum absolute atomic E-state index is 0.0264. The average molecular weight is 422 g/mol. The van der Waals surface area contributed by atoms with Crippen molar-refractivity contribution in [1.29, 1.82) is 0 Å². The summed E-state index contributed by atoms with van der Waals surface area (Å²) in [6.07, 6.45) is -1.86. The Morgan fingerprint density at radius 3 is 1.63 bits per heavy atom. The molecule has 0 aliphatic carbocycles. The molecule has 0 saturated carbocycles. The van der Waals surface area contributed by atoms with Gasteiger partial charge in [0, 0.05) is 26.2 Å². The summed E-state index contributed by atoms with van der Waals surface area (Å²) in [5.41, 5.74) is 0. The van der Waals surface area contributed by atoms with Gasteiger partial charge in [0.05, 0.1) is 0 Å². The Morgan fingerprint density at radius 2 is 1.30 bits per heavy atom. The molecule has 10 heteroatoms. The van der Waals surface area contributed by atoms with Crippen molar-refractivity contribution in [3.05, 3.63) is 24.3 Å². The molecule has 0 radical (unpaired) electrons. The molecular weight excluding hydrogens is 396 g/mol. The summed E-state index contributed by atoms with van der Waals surface area (Å²) in [6, 6.07) is 5.99. The van der Waals surface area contributed by atoms with Crippen LogP contribution >= 0.6 is 0 Å². The van der Waals surface area contributed by atoms with Crippen LogP contribution in [0.25, 0.3) is 0 Å². The molecule has 1 aromatic carbocycles. The van der Waals surface area contributed by atoms with E-state index in [2.05, 4.69) is 0 Å². The number of amides is 2. The Kier molecular flexibility index (Phi) is 7.25. The summed E-state index contributed by atoms with van der Waals surface area (Å²) >= 11 is 0. The Labute approximate surface area is 174 Å². The summed E-state index contributed by atoms with van der Waals surface area (Å²) in [6.45, 7) is 7.94. The molecule has 0 saturated heterocycles. The van der Waals surface area contributed by atoms with E-state index in [9.17, 15) is 24.3 Å². The fraction of sp³-hybridized carbons (Fsp3) is 0.500. The van der Waals surface area contributed by atoms with Crippen LogP contribution in [0.5, 0.6) is 11.5 Å². The van der Waals surface area contributed by atoms with Crippen molar-refractivity contribution in [1.82, 2.24) is 9.80 Å². The third-order valence-corrected chi connectivity index (χ3v) is 4.73. The lowest BCUT2D eigenvalue weighted by atomic mass is 10.2. The van der Waals surface area contributed by atoms with Gasteiger partial charge in [0.1, 0.15) is 0 Å². The van der Waals surface area contributed by atoms with E-state index in [1.807, 2.05) is 0 Å².